The quantitative estimate of drug-likeness (QED) is 0.755. The third-order valence-electron chi connectivity index (χ3n) is 5.24. The molecule has 2 aromatic rings. The van der Waals surface area contributed by atoms with Gasteiger partial charge in [0.15, 0.2) is 0 Å². The minimum absolute atomic E-state index is 0.108. The molecule has 1 aromatic heterocycles. The van der Waals surface area contributed by atoms with Gasteiger partial charge in [-0.2, -0.15) is 0 Å². The highest BCUT2D eigenvalue weighted by atomic mass is 32.1. The molecule has 10 heteroatoms. The number of carbonyl (C=O) groups is 3. The van der Waals surface area contributed by atoms with Crippen LogP contribution in [0.1, 0.15) is 42.1 Å². The summed E-state index contributed by atoms with van der Waals surface area (Å²) in [5.41, 5.74) is -0.535. The zero-order chi connectivity index (χ0) is 21.5. The highest BCUT2D eigenvalue weighted by molar-refractivity contribution is 7.15. The highest BCUT2D eigenvalue weighted by Gasteiger charge is 2.60. The van der Waals surface area contributed by atoms with Gasteiger partial charge in [-0.3, -0.25) is 24.6 Å². The van der Waals surface area contributed by atoms with E-state index >= 15 is 0 Å². The topological polar surface area (TPSA) is 105 Å². The van der Waals surface area contributed by atoms with Crippen LogP contribution in [-0.2, 0) is 20.9 Å². The van der Waals surface area contributed by atoms with Crippen LogP contribution in [0.25, 0.3) is 0 Å². The molecule has 1 unspecified atom stereocenters. The average Bonchev–Trinajstić information content (AvgIpc) is 3.30. The Morgan fingerprint density at radius 1 is 1.30 bits per heavy atom. The van der Waals surface area contributed by atoms with Crippen LogP contribution in [0.4, 0.5) is 10.8 Å². The summed E-state index contributed by atoms with van der Waals surface area (Å²) in [6.45, 7) is 4.58. The van der Waals surface area contributed by atoms with Crippen molar-refractivity contribution in [1.29, 1.82) is 0 Å². The summed E-state index contributed by atoms with van der Waals surface area (Å²) in [7, 11) is 1.55. The van der Waals surface area contributed by atoms with Crippen molar-refractivity contribution in [2.24, 2.45) is 5.92 Å². The summed E-state index contributed by atoms with van der Waals surface area (Å²) >= 11 is 1.20. The second kappa shape index (κ2) is 7.77. The number of hydrogen-bond donors (Lipinski definition) is 1. The van der Waals surface area contributed by atoms with E-state index in [1.165, 1.54) is 21.1 Å². The highest BCUT2D eigenvalue weighted by Crippen LogP contribution is 2.45. The molecule has 0 spiro atoms. The van der Waals surface area contributed by atoms with Gasteiger partial charge in [-0.1, -0.05) is 37.3 Å². The van der Waals surface area contributed by atoms with E-state index in [-0.39, 0.29) is 37.2 Å². The number of nitrogens with zero attached hydrogens (tertiary/aromatic N) is 4. The number of carbonyl (C=O) groups excluding carboxylic acids is 3. The van der Waals surface area contributed by atoms with Crippen molar-refractivity contribution >= 4 is 39.9 Å². The van der Waals surface area contributed by atoms with E-state index < -0.39 is 11.6 Å². The van der Waals surface area contributed by atoms with E-state index in [2.05, 4.69) is 15.5 Å². The molecular formula is C20H23N5O4S. The van der Waals surface area contributed by atoms with E-state index in [1.807, 2.05) is 13.8 Å². The molecule has 2 aliphatic heterocycles. The number of nitrogens with one attached hydrogen (secondary N) is 1. The Morgan fingerprint density at radius 2 is 2.07 bits per heavy atom. The maximum absolute atomic E-state index is 13.6. The molecule has 30 heavy (non-hydrogen) atoms. The fourth-order valence-corrected chi connectivity index (χ4v) is 4.79. The van der Waals surface area contributed by atoms with Crippen LogP contribution < -0.4 is 10.2 Å². The molecule has 2 aliphatic rings. The molecule has 4 rings (SSSR count). The van der Waals surface area contributed by atoms with Gasteiger partial charge in [0.25, 0.3) is 11.8 Å². The van der Waals surface area contributed by atoms with Crippen molar-refractivity contribution in [3.05, 3.63) is 34.8 Å². The molecule has 1 fully saturated rings. The van der Waals surface area contributed by atoms with Crippen LogP contribution >= 0.6 is 11.3 Å². The Balaban J connectivity index is 1.79. The molecule has 1 saturated heterocycles. The second-order valence-corrected chi connectivity index (χ2v) is 8.82. The van der Waals surface area contributed by atoms with Crippen molar-refractivity contribution in [3.63, 3.8) is 0 Å². The number of para-hydroxylation sites is 1. The van der Waals surface area contributed by atoms with Crippen LogP contribution in [-0.4, -0.2) is 52.1 Å². The van der Waals surface area contributed by atoms with Crippen molar-refractivity contribution in [2.75, 3.05) is 23.9 Å². The van der Waals surface area contributed by atoms with E-state index in [0.29, 0.717) is 27.9 Å². The number of ether oxygens (including phenoxy) is 1. The fraction of sp³-hybridized carbons (Fsp3) is 0.450. The standard InChI is InChI=1S/C20H23N5O4S/c1-12(2)10-24-17(27)13-6-4-5-7-14(13)25-16(26)8-9-20(24,25)18(28)21-19-23-22-15(30-19)11-29-3/h4-7,12H,8-11H2,1-3H3,(H,21,23,28). The molecule has 1 aromatic carbocycles. The summed E-state index contributed by atoms with van der Waals surface area (Å²) < 4.78 is 5.05. The van der Waals surface area contributed by atoms with Crippen molar-refractivity contribution in [3.8, 4) is 0 Å². The third kappa shape index (κ3) is 3.16. The van der Waals surface area contributed by atoms with Gasteiger partial charge in [0.1, 0.15) is 11.6 Å². The summed E-state index contributed by atoms with van der Waals surface area (Å²) in [6, 6.07) is 6.93. The number of anilines is 2. The Bertz CT molecular complexity index is 1010. The smallest absolute Gasteiger partial charge is 0.273 e. The molecule has 158 valence electrons. The van der Waals surface area contributed by atoms with E-state index in [9.17, 15) is 14.4 Å². The number of benzene rings is 1. The monoisotopic (exact) mass is 429 g/mol. The molecule has 0 radical (unpaired) electrons. The Kier molecular flexibility index (Phi) is 5.29. The number of aromatic nitrogens is 2. The summed E-state index contributed by atoms with van der Waals surface area (Å²) in [4.78, 5) is 43.0. The minimum atomic E-state index is -1.43. The predicted molar refractivity (Wildman–Crippen MR) is 111 cm³/mol. The van der Waals surface area contributed by atoms with Crippen LogP contribution in [0.3, 0.4) is 0 Å². The predicted octanol–water partition coefficient (Wildman–Crippen LogP) is 2.26. The number of rotatable bonds is 6. The van der Waals surface area contributed by atoms with Gasteiger partial charge in [-0.15, -0.1) is 10.2 Å². The normalized spacial score (nSPS) is 20.5. The number of hydrogen-bond acceptors (Lipinski definition) is 7. The molecule has 1 N–H and O–H groups in total. The SMILES string of the molecule is COCc1nnc(NC(=O)C23CCC(=O)N2c2ccccc2C(=O)N3CC(C)C)s1. The van der Waals surface area contributed by atoms with Crippen molar-refractivity contribution in [1.82, 2.24) is 15.1 Å². The zero-order valence-corrected chi connectivity index (χ0v) is 17.9. The maximum atomic E-state index is 13.6. The maximum Gasteiger partial charge on any atom is 0.273 e. The van der Waals surface area contributed by atoms with Crippen LogP contribution in [0.15, 0.2) is 24.3 Å². The van der Waals surface area contributed by atoms with Gasteiger partial charge >= 0.3 is 0 Å². The van der Waals surface area contributed by atoms with E-state index in [0.717, 1.165) is 0 Å². The summed E-state index contributed by atoms with van der Waals surface area (Å²) in [5, 5.41) is 11.7. The largest absolute Gasteiger partial charge is 0.377 e. The number of methoxy groups -OCH3 is 1. The lowest BCUT2D eigenvalue weighted by Crippen LogP contribution is -2.69. The lowest BCUT2D eigenvalue weighted by molar-refractivity contribution is -0.129. The molecule has 0 aliphatic carbocycles. The minimum Gasteiger partial charge on any atom is -0.377 e. The van der Waals surface area contributed by atoms with Gasteiger partial charge in [-0.25, -0.2) is 0 Å². The second-order valence-electron chi connectivity index (χ2n) is 7.76. The first-order valence-electron chi connectivity index (χ1n) is 9.75. The zero-order valence-electron chi connectivity index (χ0n) is 17.0. The van der Waals surface area contributed by atoms with Gasteiger partial charge in [0.2, 0.25) is 16.7 Å². The first-order valence-corrected chi connectivity index (χ1v) is 10.6. The lowest BCUT2D eigenvalue weighted by atomic mass is 9.94. The fourth-order valence-electron chi connectivity index (χ4n) is 4.08. The lowest BCUT2D eigenvalue weighted by Gasteiger charge is -2.49. The molecule has 3 amide bonds. The van der Waals surface area contributed by atoms with Crippen molar-refractivity contribution in [2.45, 2.75) is 39.0 Å². The first kappa shape index (κ1) is 20.4. The van der Waals surface area contributed by atoms with Crippen LogP contribution in [0.5, 0.6) is 0 Å². The van der Waals surface area contributed by atoms with Crippen LogP contribution in [0, 0.1) is 5.92 Å². The van der Waals surface area contributed by atoms with Gasteiger partial charge in [0.05, 0.1) is 11.3 Å². The molecule has 1 atom stereocenters. The molecule has 3 heterocycles. The van der Waals surface area contributed by atoms with E-state index in [1.54, 1.807) is 31.4 Å². The molecular weight excluding hydrogens is 406 g/mol. The third-order valence-corrected chi connectivity index (χ3v) is 6.05. The Labute approximate surface area is 178 Å². The van der Waals surface area contributed by atoms with Crippen molar-refractivity contribution < 1.29 is 19.1 Å². The average molecular weight is 430 g/mol. The molecule has 0 bridgehead atoms. The summed E-state index contributed by atoms with van der Waals surface area (Å²) in [5.74, 6) is -0.790. The number of fused-ring (bicyclic) bond motifs is 3. The van der Waals surface area contributed by atoms with Gasteiger partial charge in [-0.05, 0) is 18.1 Å². The van der Waals surface area contributed by atoms with Crippen LogP contribution in [0.2, 0.25) is 0 Å². The Hall–Kier alpha value is -2.85. The summed E-state index contributed by atoms with van der Waals surface area (Å²) in [6.07, 6.45) is 0.392. The van der Waals surface area contributed by atoms with E-state index in [4.69, 9.17) is 4.74 Å². The Morgan fingerprint density at radius 3 is 2.80 bits per heavy atom. The first-order chi connectivity index (χ1) is 14.4. The van der Waals surface area contributed by atoms with Gasteiger partial charge in [0, 0.05) is 26.5 Å². The molecule has 9 nitrogen and oxygen atoms in total. The molecule has 0 saturated carbocycles. The van der Waals surface area contributed by atoms with Gasteiger partial charge < -0.3 is 9.64 Å². The number of amides is 3.